The highest BCUT2D eigenvalue weighted by molar-refractivity contribution is 14.1. The Morgan fingerprint density at radius 2 is 2.21 bits per heavy atom. The summed E-state index contributed by atoms with van der Waals surface area (Å²) in [5, 5.41) is 3.54. The molecule has 102 valence electrons. The molecule has 0 aliphatic rings. The normalized spacial score (nSPS) is 12.6. The number of imidazole rings is 1. The molecule has 1 heterocycles. The Morgan fingerprint density at radius 1 is 1.42 bits per heavy atom. The quantitative estimate of drug-likeness (QED) is 0.723. The lowest BCUT2D eigenvalue weighted by molar-refractivity contribution is 0.557. The van der Waals surface area contributed by atoms with Crippen LogP contribution in [-0.4, -0.2) is 16.1 Å². The topological polar surface area (TPSA) is 29.9 Å². The molecule has 0 aliphatic carbocycles. The molecule has 1 unspecified atom stereocenters. The summed E-state index contributed by atoms with van der Waals surface area (Å²) in [6.45, 7) is 6.10. The van der Waals surface area contributed by atoms with Crippen molar-refractivity contribution in [1.29, 1.82) is 0 Å². The minimum atomic E-state index is 0.129. The summed E-state index contributed by atoms with van der Waals surface area (Å²) in [6.07, 6.45) is 3.90. The molecule has 0 saturated carbocycles. The Labute approximate surface area is 136 Å². The monoisotopic (exact) mass is 433 g/mol. The van der Waals surface area contributed by atoms with Gasteiger partial charge in [-0.3, -0.25) is 0 Å². The van der Waals surface area contributed by atoms with Crippen molar-refractivity contribution >= 4 is 38.5 Å². The average molecular weight is 434 g/mol. The molecule has 2 rings (SSSR count). The molecule has 3 nitrogen and oxygen atoms in total. The number of aromatic nitrogens is 2. The molecule has 0 spiro atoms. The maximum Gasteiger partial charge on any atom is 0.130 e. The predicted molar refractivity (Wildman–Crippen MR) is 90.3 cm³/mol. The van der Waals surface area contributed by atoms with Crippen LogP contribution in [0.15, 0.2) is 35.1 Å². The first-order valence-electron chi connectivity index (χ1n) is 6.36. The van der Waals surface area contributed by atoms with Gasteiger partial charge in [-0.2, -0.15) is 0 Å². The van der Waals surface area contributed by atoms with Crippen molar-refractivity contribution in [3.8, 4) is 0 Å². The van der Waals surface area contributed by atoms with E-state index in [0.29, 0.717) is 0 Å². The first-order chi connectivity index (χ1) is 9.17. The number of halogens is 2. The number of nitrogens with one attached hydrogen (secondary N) is 1. The molecule has 0 fully saturated rings. The lowest BCUT2D eigenvalue weighted by Crippen LogP contribution is -2.26. The van der Waals surface area contributed by atoms with Gasteiger partial charge < -0.3 is 9.88 Å². The average Bonchev–Trinajstić information content (AvgIpc) is 2.87. The van der Waals surface area contributed by atoms with Gasteiger partial charge in [0.2, 0.25) is 0 Å². The summed E-state index contributed by atoms with van der Waals surface area (Å²) < 4.78 is 4.53. The third-order valence-electron chi connectivity index (χ3n) is 3.02. The minimum Gasteiger partial charge on any atom is -0.334 e. The molecule has 2 aromatic rings. The van der Waals surface area contributed by atoms with Crippen LogP contribution in [0.4, 0.5) is 0 Å². The lowest BCUT2D eigenvalue weighted by Gasteiger charge is -2.20. The zero-order chi connectivity index (χ0) is 13.8. The van der Waals surface area contributed by atoms with Crippen molar-refractivity contribution in [2.45, 2.75) is 26.4 Å². The third kappa shape index (κ3) is 3.38. The van der Waals surface area contributed by atoms with Crippen LogP contribution in [-0.2, 0) is 6.54 Å². The number of hydrogen-bond donors (Lipinski definition) is 1. The van der Waals surface area contributed by atoms with Crippen molar-refractivity contribution in [3.63, 3.8) is 0 Å². The minimum absolute atomic E-state index is 0.129. The summed E-state index contributed by atoms with van der Waals surface area (Å²) >= 11 is 5.94. The van der Waals surface area contributed by atoms with Crippen molar-refractivity contribution < 1.29 is 0 Å². The highest BCUT2D eigenvalue weighted by Crippen LogP contribution is 2.28. The number of nitrogens with zero attached hydrogens (tertiary/aromatic N) is 2. The van der Waals surface area contributed by atoms with Crippen LogP contribution in [0.25, 0.3) is 0 Å². The van der Waals surface area contributed by atoms with Gasteiger partial charge >= 0.3 is 0 Å². The van der Waals surface area contributed by atoms with Crippen molar-refractivity contribution in [2.24, 2.45) is 0 Å². The molecule has 1 aromatic carbocycles. The SMILES string of the molecule is CCNC(c1cc(Br)ccc1I)c1nccn1CC. The van der Waals surface area contributed by atoms with E-state index < -0.39 is 0 Å². The van der Waals surface area contributed by atoms with E-state index in [1.54, 1.807) is 0 Å². The Hall–Kier alpha value is -0.400. The zero-order valence-electron chi connectivity index (χ0n) is 11.0. The number of hydrogen-bond acceptors (Lipinski definition) is 2. The molecule has 0 radical (unpaired) electrons. The standard InChI is InChI=1S/C14H17BrIN3/c1-3-17-13(14-18-7-8-19(14)4-2)11-9-10(15)5-6-12(11)16/h5-9,13,17H,3-4H2,1-2H3. The second-order valence-electron chi connectivity index (χ2n) is 4.23. The van der Waals surface area contributed by atoms with Crippen LogP contribution >= 0.6 is 38.5 Å². The fraction of sp³-hybridized carbons (Fsp3) is 0.357. The van der Waals surface area contributed by atoms with Gasteiger partial charge in [-0.25, -0.2) is 4.98 Å². The van der Waals surface area contributed by atoms with E-state index in [1.165, 1.54) is 9.13 Å². The van der Waals surface area contributed by atoms with Crippen LogP contribution in [0, 0.1) is 3.57 Å². The van der Waals surface area contributed by atoms with Crippen LogP contribution in [0.2, 0.25) is 0 Å². The van der Waals surface area contributed by atoms with Gasteiger partial charge in [0.05, 0.1) is 6.04 Å². The molecule has 19 heavy (non-hydrogen) atoms. The number of rotatable bonds is 5. The van der Waals surface area contributed by atoms with Crippen molar-refractivity contribution in [1.82, 2.24) is 14.9 Å². The Bertz CT molecular complexity index is 553. The summed E-state index contributed by atoms with van der Waals surface area (Å²) in [7, 11) is 0. The maximum atomic E-state index is 4.53. The Balaban J connectivity index is 2.48. The molecule has 0 amide bonds. The summed E-state index contributed by atoms with van der Waals surface area (Å²) in [5.74, 6) is 1.07. The molecular formula is C14H17BrIN3. The van der Waals surface area contributed by atoms with Gasteiger partial charge in [0.1, 0.15) is 5.82 Å². The highest BCUT2D eigenvalue weighted by atomic mass is 127. The molecule has 1 aromatic heterocycles. The van der Waals surface area contributed by atoms with Crippen LogP contribution in [0.5, 0.6) is 0 Å². The fourth-order valence-electron chi connectivity index (χ4n) is 2.13. The van der Waals surface area contributed by atoms with Gasteiger partial charge in [0.25, 0.3) is 0 Å². The van der Waals surface area contributed by atoms with E-state index in [2.05, 4.69) is 85.4 Å². The zero-order valence-corrected chi connectivity index (χ0v) is 14.8. The second-order valence-corrected chi connectivity index (χ2v) is 6.31. The van der Waals surface area contributed by atoms with Crippen LogP contribution in [0.3, 0.4) is 0 Å². The Kier molecular flexibility index (Phi) is 5.41. The maximum absolute atomic E-state index is 4.53. The number of benzene rings is 1. The fourth-order valence-corrected chi connectivity index (χ4v) is 3.15. The molecule has 0 saturated heterocycles. The van der Waals surface area contributed by atoms with Gasteiger partial charge in [-0.05, 0) is 59.8 Å². The van der Waals surface area contributed by atoms with E-state index >= 15 is 0 Å². The smallest absolute Gasteiger partial charge is 0.130 e. The predicted octanol–water partition coefficient (Wildman–Crippen LogP) is 3.97. The highest BCUT2D eigenvalue weighted by Gasteiger charge is 2.20. The van der Waals surface area contributed by atoms with Gasteiger partial charge in [0.15, 0.2) is 0 Å². The molecule has 0 bridgehead atoms. The molecule has 1 N–H and O–H groups in total. The number of aryl methyl sites for hydroxylation is 1. The van der Waals surface area contributed by atoms with E-state index in [0.717, 1.165) is 23.4 Å². The largest absolute Gasteiger partial charge is 0.334 e. The Morgan fingerprint density at radius 3 is 2.89 bits per heavy atom. The lowest BCUT2D eigenvalue weighted by atomic mass is 10.1. The molecule has 0 aliphatic heterocycles. The first kappa shape index (κ1) is 15.0. The van der Waals surface area contributed by atoms with Gasteiger partial charge in [0, 0.05) is 27.0 Å². The van der Waals surface area contributed by atoms with Gasteiger partial charge in [-0.15, -0.1) is 0 Å². The summed E-state index contributed by atoms with van der Waals surface area (Å²) in [6, 6.07) is 6.50. The third-order valence-corrected chi connectivity index (χ3v) is 4.50. The summed E-state index contributed by atoms with van der Waals surface area (Å²) in [4.78, 5) is 4.53. The van der Waals surface area contributed by atoms with E-state index in [-0.39, 0.29) is 6.04 Å². The van der Waals surface area contributed by atoms with E-state index in [9.17, 15) is 0 Å². The van der Waals surface area contributed by atoms with Crippen molar-refractivity contribution in [3.05, 3.63) is 50.0 Å². The van der Waals surface area contributed by atoms with Crippen LogP contribution < -0.4 is 5.32 Å². The molecule has 1 atom stereocenters. The van der Waals surface area contributed by atoms with E-state index in [1.807, 2.05) is 12.4 Å². The first-order valence-corrected chi connectivity index (χ1v) is 8.23. The molecule has 5 heteroatoms. The van der Waals surface area contributed by atoms with Crippen LogP contribution in [0.1, 0.15) is 31.3 Å². The summed E-state index contributed by atoms with van der Waals surface area (Å²) in [5.41, 5.74) is 1.26. The van der Waals surface area contributed by atoms with Crippen molar-refractivity contribution in [2.75, 3.05) is 6.54 Å². The molecular weight excluding hydrogens is 417 g/mol. The van der Waals surface area contributed by atoms with Gasteiger partial charge in [-0.1, -0.05) is 22.9 Å². The van der Waals surface area contributed by atoms with E-state index in [4.69, 9.17) is 0 Å². The second kappa shape index (κ2) is 6.85.